The number of aliphatic hydroxyl groups excluding tert-OH is 4. The number of rotatable bonds is 2. The Morgan fingerprint density at radius 2 is 1.80 bits per heavy atom. The number of hydrazone groups is 1. The fourth-order valence-electron chi connectivity index (χ4n) is 1.42. The van der Waals surface area contributed by atoms with Crippen LogP contribution in [-0.4, -0.2) is 63.4 Å². The van der Waals surface area contributed by atoms with Gasteiger partial charge in [-0.2, -0.15) is 5.10 Å². The van der Waals surface area contributed by atoms with Crippen molar-refractivity contribution in [3.05, 3.63) is 0 Å². The van der Waals surface area contributed by atoms with Crippen molar-refractivity contribution in [2.75, 3.05) is 6.61 Å². The lowest BCUT2D eigenvalue weighted by Gasteiger charge is -2.39. The highest BCUT2D eigenvalue weighted by molar-refractivity contribution is 5.85. The van der Waals surface area contributed by atoms with Gasteiger partial charge < -0.3 is 36.7 Å². The highest BCUT2D eigenvalue weighted by atomic mass is 16.5. The summed E-state index contributed by atoms with van der Waals surface area (Å²) in [4.78, 5) is 0. The van der Waals surface area contributed by atoms with E-state index in [1.807, 2.05) is 0 Å². The molecule has 1 rings (SSSR count). The Morgan fingerprint density at radius 3 is 2.27 bits per heavy atom. The monoisotopic (exact) mass is 221 g/mol. The Balaban J connectivity index is 2.83. The lowest BCUT2D eigenvalue weighted by atomic mass is 9.95. The average molecular weight is 221 g/mol. The minimum absolute atomic E-state index is 0.216. The second-order valence-corrected chi connectivity index (χ2v) is 3.30. The molecule has 0 saturated carbocycles. The fourth-order valence-corrected chi connectivity index (χ4v) is 1.42. The summed E-state index contributed by atoms with van der Waals surface area (Å²) in [6.45, 7) is -0.515. The van der Waals surface area contributed by atoms with Gasteiger partial charge in [0, 0.05) is 0 Å². The maximum atomic E-state index is 9.49. The number of hydrogen-bond donors (Lipinski definition) is 6. The highest BCUT2D eigenvalue weighted by Crippen LogP contribution is 2.20. The topological polar surface area (TPSA) is 155 Å². The van der Waals surface area contributed by atoms with Crippen molar-refractivity contribution in [3.8, 4) is 0 Å². The van der Waals surface area contributed by atoms with Gasteiger partial charge >= 0.3 is 0 Å². The molecule has 1 aliphatic rings. The number of amidine groups is 1. The average Bonchev–Trinajstić information content (AvgIpc) is 2.25. The normalized spacial score (nSPS) is 42.9. The van der Waals surface area contributed by atoms with Crippen LogP contribution in [0.1, 0.15) is 0 Å². The second-order valence-electron chi connectivity index (χ2n) is 3.30. The summed E-state index contributed by atoms with van der Waals surface area (Å²) in [5.41, 5.74) is 5.33. The van der Waals surface area contributed by atoms with E-state index in [0.29, 0.717) is 0 Å². The first-order valence-electron chi connectivity index (χ1n) is 4.36. The summed E-state index contributed by atoms with van der Waals surface area (Å²) in [5, 5.41) is 40.3. The molecule has 0 aromatic carbocycles. The molecule has 5 atom stereocenters. The first kappa shape index (κ1) is 12.1. The van der Waals surface area contributed by atoms with Gasteiger partial charge in [0.05, 0.1) is 6.61 Å². The second kappa shape index (κ2) is 4.73. The third-order valence-electron chi connectivity index (χ3n) is 2.33. The zero-order valence-corrected chi connectivity index (χ0v) is 7.89. The van der Waals surface area contributed by atoms with Crippen LogP contribution in [0.15, 0.2) is 5.10 Å². The maximum absolute atomic E-state index is 9.49. The molecule has 0 amide bonds. The predicted molar refractivity (Wildman–Crippen MR) is 49.6 cm³/mol. The van der Waals surface area contributed by atoms with Gasteiger partial charge in [0.2, 0.25) is 0 Å². The van der Waals surface area contributed by atoms with Crippen molar-refractivity contribution in [2.24, 2.45) is 16.7 Å². The molecule has 1 saturated heterocycles. The number of ether oxygens (including phenoxy) is 1. The van der Waals surface area contributed by atoms with E-state index >= 15 is 0 Å². The molecule has 0 spiro atoms. The Hall–Kier alpha value is -0.930. The smallest absolute Gasteiger partial charge is 0.151 e. The fraction of sp³-hybridized carbons (Fsp3) is 0.857. The number of hydrogen-bond acceptors (Lipinski definition) is 7. The van der Waals surface area contributed by atoms with Crippen molar-refractivity contribution in [3.63, 3.8) is 0 Å². The van der Waals surface area contributed by atoms with Gasteiger partial charge in [-0.15, -0.1) is 0 Å². The van der Waals surface area contributed by atoms with Crippen LogP contribution in [0, 0.1) is 0 Å². The molecular weight excluding hydrogens is 206 g/mol. The van der Waals surface area contributed by atoms with Gasteiger partial charge in [0.25, 0.3) is 0 Å². The van der Waals surface area contributed by atoms with Crippen LogP contribution in [-0.2, 0) is 4.74 Å². The van der Waals surface area contributed by atoms with E-state index in [0.717, 1.165) is 0 Å². The Labute approximate surface area is 85.8 Å². The van der Waals surface area contributed by atoms with Crippen LogP contribution in [0.4, 0.5) is 0 Å². The summed E-state index contributed by atoms with van der Waals surface area (Å²) < 4.78 is 5.04. The summed E-state index contributed by atoms with van der Waals surface area (Å²) in [6, 6.07) is 0. The van der Waals surface area contributed by atoms with E-state index in [1.54, 1.807) is 0 Å². The lowest BCUT2D eigenvalue weighted by Crippen LogP contribution is -2.61. The number of aliphatic hydroxyl groups is 4. The summed E-state index contributed by atoms with van der Waals surface area (Å²) in [5.74, 6) is 4.68. The lowest BCUT2D eigenvalue weighted by molar-refractivity contribution is -0.211. The maximum Gasteiger partial charge on any atom is 0.151 e. The Bertz CT molecular complexity index is 247. The zero-order valence-electron chi connectivity index (χ0n) is 7.89. The molecule has 0 aromatic heterocycles. The minimum atomic E-state index is -1.47. The summed E-state index contributed by atoms with van der Waals surface area (Å²) in [6.07, 6.45) is -6.46. The van der Waals surface area contributed by atoms with Crippen LogP contribution in [0.25, 0.3) is 0 Å². The molecule has 1 aliphatic heterocycles. The van der Waals surface area contributed by atoms with E-state index in [-0.39, 0.29) is 5.84 Å². The van der Waals surface area contributed by atoms with Crippen molar-refractivity contribution in [1.29, 1.82) is 0 Å². The molecule has 8 nitrogen and oxygen atoms in total. The SMILES string of the molecule is N/N=C(\N)[C@@H]1O[C@H](CO)[C@@H](O)[C@H](O)[C@H]1O. The highest BCUT2D eigenvalue weighted by Gasteiger charge is 2.44. The van der Waals surface area contributed by atoms with Gasteiger partial charge in [-0.05, 0) is 0 Å². The molecule has 1 fully saturated rings. The third-order valence-corrected chi connectivity index (χ3v) is 2.33. The quantitative estimate of drug-likeness (QED) is 0.120. The van der Waals surface area contributed by atoms with Crippen LogP contribution in [0.3, 0.4) is 0 Å². The molecule has 0 aliphatic carbocycles. The van der Waals surface area contributed by atoms with Gasteiger partial charge in [-0.3, -0.25) is 0 Å². The van der Waals surface area contributed by atoms with Gasteiger partial charge in [-0.1, -0.05) is 0 Å². The van der Waals surface area contributed by atoms with Gasteiger partial charge in [-0.25, -0.2) is 0 Å². The molecule has 15 heavy (non-hydrogen) atoms. The van der Waals surface area contributed by atoms with Crippen LogP contribution >= 0.6 is 0 Å². The van der Waals surface area contributed by atoms with E-state index in [2.05, 4.69) is 5.10 Å². The predicted octanol–water partition coefficient (Wildman–Crippen LogP) is -3.94. The first-order valence-corrected chi connectivity index (χ1v) is 4.36. The minimum Gasteiger partial charge on any atom is -0.394 e. The van der Waals surface area contributed by atoms with Gasteiger partial charge in [0.1, 0.15) is 30.5 Å². The van der Waals surface area contributed by atoms with E-state index < -0.39 is 37.1 Å². The standard InChI is InChI=1S/C7H15N3O5/c8-7(10-9)6-5(14)4(13)3(12)2(1-11)15-6/h2-6,11-14H,1,9H2,(H2,8,10)/t2-,3-,4+,5-,6-/m1/s1. The van der Waals surface area contributed by atoms with Crippen molar-refractivity contribution in [1.82, 2.24) is 0 Å². The molecule has 0 radical (unpaired) electrons. The van der Waals surface area contributed by atoms with Crippen molar-refractivity contribution < 1.29 is 25.2 Å². The van der Waals surface area contributed by atoms with Gasteiger partial charge in [0.15, 0.2) is 5.84 Å². The third kappa shape index (κ3) is 2.19. The molecule has 1 heterocycles. The summed E-state index contributed by atoms with van der Waals surface area (Å²) in [7, 11) is 0. The zero-order chi connectivity index (χ0) is 11.6. The van der Waals surface area contributed by atoms with Crippen LogP contribution < -0.4 is 11.6 Å². The largest absolute Gasteiger partial charge is 0.394 e. The van der Waals surface area contributed by atoms with Crippen LogP contribution in [0.2, 0.25) is 0 Å². The molecule has 0 aromatic rings. The Kier molecular flexibility index (Phi) is 3.83. The molecule has 8 heteroatoms. The van der Waals surface area contributed by atoms with E-state index in [4.69, 9.17) is 21.4 Å². The molecule has 0 bridgehead atoms. The van der Waals surface area contributed by atoms with Crippen LogP contribution in [0.5, 0.6) is 0 Å². The summed E-state index contributed by atoms with van der Waals surface area (Å²) >= 11 is 0. The number of nitrogens with zero attached hydrogens (tertiary/aromatic N) is 1. The van der Waals surface area contributed by atoms with Crippen molar-refractivity contribution in [2.45, 2.75) is 30.5 Å². The Morgan fingerprint density at radius 1 is 1.20 bits per heavy atom. The first-order chi connectivity index (χ1) is 7.02. The van der Waals surface area contributed by atoms with E-state index in [9.17, 15) is 15.3 Å². The molecule has 0 unspecified atom stereocenters. The molecule has 8 N–H and O–H groups in total. The van der Waals surface area contributed by atoms with E-state index in [1.165, 1.54) is 0 Å². The number of nitrogens with two attached hydrogens (primary N) is 2. The molecular formula is C7H15N3O5. The molecule has 88 valence electrons. The van der Waals surface area contributed by atoms with Crippen molar-refractivity contribution >= 4 is 5.84 Å².